The molecule has 0 aromatic rings. The van der Waals surface area contributed by atoms with Crippen molar-refractivity contribution in [1.29, 1.82) is 0 Å². The molecule has 2 amide bonds. The van der Waals surface area contributed by atoms with Gasteiger partial charge >= 0.3 is 12.0 Å². The van der Waals surface area contributed by atoms with E-state index in [1.165, 1.54) is 51.4 Å². The van der Waals surface area contributed by atoms with Crippen LogP contribution in [0.1, 0.15) is 77.6 Å². The van der Waals surface area contributed by atoms with Gasteiger partial charge in [-0.15, -0.1) is 0 Å². The van der Waals surface area contributed by atoms with Crippen molar-refractivity contribution >= 4 is 12.0 Å². The van der Waals surface area contributed by atoms with E-state index in [0.717, 1.165) is 12.8 Å². The lowest BCUT2D eigenvalue weighted by atomic mass is 10.1. The SMILES string of the molecule is CCCCCCCCCCCCNC(=O)NC(CC(=O)O)C[N+](C)(C)C. The average Bonchev–Trinajstić information content (AvgIpc) is 2.50. The topological polar surface area (TPSA) is 78.4 Å². The normalized spacial score (nSPS) is 12.6. The number of unbranched alkanes of at least 4 members (excludes halogenated alkanes) is 9. The number of aliphatic carboxylic acids is 1. The minimum absolute atomic E-state index is 0.0544. The number of carboxylic acids is 1. The Balaban J connectivity index is 3.72. The zero-order valence-corrected chi connectivity index (χ0v) is 17.5. The lowest BCUT2D eigenvalue weighted by Crippen LogP contribution is -2.52. The molecule has 0 saturated heterocycles. The van der Waals surface area contributed by atoms with Crippen LogP contribution in [-0.2, 0) is 4.79 Å². The van der Waals surface area contributed by atoms with E-state index in [1.807, 2.05) is 21.1 Å². The number of carbonyl (C=O) groups excluding carboxylic acids is 1. The summed E-state index contributed by atoms with van der Waals surface area (Å²) in [5.74, 6) is -0.890. The molecule has 0 fully saturated rings. The number of quaternary nitrogens is 1. The van der Waals surface area contributed by atoms with Crippen LogP contribution in [0.3, 0.4) is 0 Å². The van der Waals surface area contributed by atoms with E-state index in [-0.39, 0.29) is 18.5 Å². The van der Waals surface area contributed by atoms with Crippen LogP contribution in [0.4, 0.5) is 4.79 Å². The molecule has 0 aliphatic rings. The summed E-state index contributed by atoms with van der Waals surface area (Å²) in [6.07, 6.45) is 12.6. The van der Waals surface area contributed by atoms with Crippen LogP contribution < -0.4 is 10.6 Å². The highest BCUT2D eigenvalue weighted by molar-refractivity contribution is 5.75. The standard InChI is InChI=1S/C20H41N3O3/c1-5-6-7-8-9-10-11-12-13-14-15-21-20(26)22-18(16-19(24)25)17-23(2,3)4/h18H,5-17H2,1-4H3,(H2-,21,22,24,25,26)/p+1. The van der Waals surface area contributed by atoms with E-state index in [1.54, 1.807) is 0 Å². The van der Waals surface area contributed by atoms with Crippen LogP contribution in [-0.4, -0.2) is 61.9 Å². The molecule has 6 heteroatoms. The predicted molar refractivity (Wildman–Crippen MR) is 107 cm³/mol. The Labute approximate surface area is 160 Å². The van der Waals surface area contributed by atoms with Crippen LogP contribution in [0, 0.1) is 0 Å². The lowest BCUT2D eigenvalue weighted by molar-refractivity contribution is -0.871. The van der Waals surface area contributed by atoms with Gasteiger partial charge in [0.05, 0.1) is 40.2 Å². The molecular weight excluding hydrogens is 330 g/mol. The van der Waals surface area contributed by atoms with Gasteiger partial charge < -0.3 is 20.2 Å². The number of amides is 2. The minimum atomic E-state index is -0.890. The molecule has 0 aromatic heterocycles. The fraction of sp³-hybridized carbons (Fsp3) is 0.900. The minimum Gasteiger partial charge on any atom is -0.481 e. The molecule has 1 unspecified atom stereocenters. The molecule has 0 heterocycles. The number of hydrogen-bond donors (Lipinski definition) is 3. The molecule has 0 saturated carbocycles. The molecule has 0 aliphatic carbocycles. The van der Waals surface area contributed by atoms with Crippen molar-refractivity contribution in [2.75, 3.05) is 34.2 Å². The maximum Gasteiger partial charge on any atom is 0.315 e. The fourth-order valence-corrected chi connectivity index (χ4v) is 3.08. The predicted octanol–water partition coefficient (Wildman–Crippen LogP) is 3.76. The van der Waals surface area contributed by atoms with Crippen molar-refractivity contribution in [3.63, 3.8) is 0 Å². The highest BCUT2D eigenvalue weighted by atomic mass is 16.4. The first-order valence-electron chi connectivity index (χ1n) is 10.3. The molecule has 26 heavy (non-hydrogen) atoms. The van der Waals surface area contributed by atoms with Crippen LogP contribution in [0.2, 0.25) is 0 Å². The smallest absolute Gasteiger partial charge is 0.315 e. The molecule has 1 atom stereocenters. The van der Waals surface area contributed by atoms with Crippen LogP contribution in [0.5, 0.6) is 0 Å². The third-order valence-corrected chi connectivity index (χ3v) is 4.34. The van der Waals surface area contributed by atoms with Gasteiger partial charge in [0.15, 0.2) is 0 Å². The van der Waals surface area contributed by atoms with E-state index in [2.05, 4.69) is 17.6 Å². The molecule has 6 nitrogen and oxygen atoms in total. The van der Waals surface area contributed by atoms with Gasteiger partial charge in [0.25, 0.3) is 0 Å². The van der Waals surface area contributed by atoms with E-state index >= 15 is 0 Å². The number of nitrogens with zero attached hydrogens (tertiary/aromatic N) is 1. The Morgan fingerprint density at radius 2 is 1.38 bits per heavy atom. The number of carbonyl (C=O) groups is 2. The summed E-state index contributed by atoms with van der Waals surface area (Å²) in [7, 11) is 5.95. The first kappa shape index (κ1) is 24.7. The van der Waals surface area contributed by atoms with Crippen molar-refractivity contribution in [2.45, 2.75) is 83.6 Å². The molecule has 3 N–H and O–H groups in total. The first-order valence-corrected chi connectivity index (χ1v) is 10.3. The van der Waals surface area contributed by atoms with Crippen molar-refractivity contribution in [2.24, 2.45) is 0 Å². The van der Waals surface area contributed by atoms with Crippen LogP contribution in [0.25, 0.3) is 0 Å². The Hall–Kier alpha value is -1.30. The number of nitrogens with one attached hydrogen (secondary N) is 2. The Morgan fingerprint density at radius 3 is 1.85 bits per heavy atom. The van der Waals surface area contributed by atoms with Crippen LogP contribution >= 0.6 is 0 Å². The van der Waals surface area contributed by atoms with Crippen LogP contribution in [0.15, 0.2) is 0 Å². The second-order valence-corrected chi connectivity index (χ2v) is 8.35. The highest BCUT2D eigenvalue weighted by Crippen LogP contribution is 2.10. The van der Waals surface area contributed by atoms with E-state index < -0.39 is 5.97 Å². The van der Waals surface area contributed by atoms with Crippen molar-refractivity contribution in [1.82, 2.24) is 10.6 Å². The number of urea groups is 1. The van der Waals surface area contributed by atoms with E-state index in [4.69, 9.17) is 5.11 Å². The van der Waals surface area contributed by atoms with Gasteiger partial charge in [-0.05, 0) is 6.42 Å². The largest absolute Gasteiger partial charge is 0.481 e. The molecule has 0 aliphatic heterocycles. The third-order valence-electron chi connectivity index (χ3n) is 4.34. The highest BCUT2D eigenvalue weighted by Gasteiger charge is 2.22. The van der Waals surface area contributed by atoms with Gasteiger partial charge in [0, 0.05) is 6.54 Å². The number of likely N-dealkylation sites (N-methyl/N-ethyl adjacent to an activating group) is 1. The van der Waals surface area contributed by atoms with Crippen molar-refractivity contribution in [3.8, 4) is 0 Å². The zero-order chi connectivity index (χ0) is 19.8. The van der Waals surface area contributed by atoms with Crippen molar-refractivity contribution in [3.05, 3.63) is 0 Å². The summed E-state index contributed by atoms with van der Waals surface area (Å²) in [5.41, 5.74) is 0. The maximum absolute atomic E-state index is 12.0. The Morgan fingerprint density at radius 1 is 0.885 bits per heavy atom. The molecule has 0 bridgehead atoms. The number of hydrogen-bond acceptors (Lipinski definition) is 2. The van der Waals surface area contributed by atoms with Gasteiger partial charge in [0.1, 0.15) is 0 Å². The average molecular weight is 373 g/mol. The second-order valence-electron chi connectivity index (χ2n) is 8.35. The van der Waals surface area contributed by atoms with E-state index in [0.29, 0.717) is 17.6 Å². The Bertz CT molecular complexity index is 381. The fourth-order valence-electron chi connectivity index (χ4n) is 3.08. The molecule has 0 rings (SSSR count). The summed E-state index contributed by atoms with van der Waals surface area (Å²) in [4.78, 5) is 22.9. The zero-order valence-electron chi connectivity index (χ0n) is 17.5. The van der Waals surface area contributed by atoms with Gasteiger partial charge in [-0.25, -0.2) is 4.79 Å². The molecule has 154 valence electrons. The molecular formula is C20H42N3O3+. The molecule has 0 spiro atoms. The summed E-state index contributed by atoms with van der Waals surface area (Å²) >= 11 is 0. The van der Waals surface area contributed by atoms with Gasteiger partial charge in [-0.2, -0.15) is 0 Å². The summed E-state index contributed by atoms with van der Waals surface area (Å²) < 4.78 is 0.608. The second kappa shape index (κ2) is 14.8. The quantitative estimate of drug-likeness (QED) is 0.285. The maximum atomic E-state index is 12.0. The Kier molecular flexibility index (Phi) is 14.1. The number of carboxylic acid groups (broad SMARTS) is 1. The molecule has 0 aromatic carbocycles. The summed E-state index contributed by atoms with van der Waals surface area (Å²) in [5, 5.41) is 14.6. The summed E-state index contributed by atoms with van der Waals surface area (Å²) in [6.45, 7) is 3.47. The number of rotatable bonds is 16. The lowest BCUT2D eigenvalue weighted by Gasteiger charge is -2.29. The monoisotopic (exact) mass is 372 g/mol. The summed E-state index contributed by atoms with van der Waals surface area (Å²) in [6, 6.07) is -0.624. The van der Waals surface area contributed by atoms with Crippen molar-refractivity contribution < 1.29 is 19.2 Å². The first-order chi connectivity index (χ1) is 12.2. The van der Waals surface area contributed by atoms with Gasteiger partial charge in [-0.1, -0.05) is 64.7 Å². The van der Waals surface area contributed by atoms with Gasteiger partial charge in [-0.3, -0.25) is 4.79 Å². The third kappa shape index (κ3) is 17.5. The van der Waals surface area contributed by atoms with Gasteiger partial charge in [0.2, 0.25) is 0 Å². The molecule has 0 radical (unpaired) electrons. The van der Waals surface area contributed by atoms with E-state index in [9.17, 15) is 9.59 Å².